The molecule has 1 atom stereocenters. The van der Waals surface area contributed by atoms with Crippen LogP contribution in [-0.4, -0.2) is 53.3 Å². The van der Waals surface area contributed by atoms with E-state index in [1.807, 2.05) is 11.9 Å². The number of carbonyl (C=O) groups is 1. The van der Waals surface area contributed by atoms with Crippen molar-refractivity contribution in [2.24, 2.45) is 0 Å². The largest absolute Gasteiger partial charge is 0.367 e. The molecule has 7 nitrogen and oxygen atoms in total. The number of halogens is 1. The number of rotatable bonds is 3. The minimum absolute atomic E-state index is 0.0149. The second-order valence-electron chi connectivity index (χ2n) is 6.33. The summed E-state index contributed by atoms with van der Waals surface area (Å²) in [7, 11) is 1.83. The van der Waals surface area contributed by atoms with Crippen LogP contribution < -0.4 is 15.8 Å². The normalized spacial score (nSPS) is 21.7. The molecule has 1 aromatic rings. The number of hydrogen-bond acceptors (Lipinski definition) is 4. The minimum atomic E-state index is -0.389. The molecular formula is C15H22ClN5O2. The van der Waals surface area contributed by atoms with Gasteiger partial charge < -0.3 is 15.1 Å². The Morgan fingerprint density at radius 2 is 2.17 bits per heavy atom. The molecule has 1 aliphatic heterocycles. The van der Waals surface area contributed by atoms with Gasteiger partial charge in [-0.1, -0.05) is 24.4 Å². The lowest BCUT2D eigenvalue weighted by molar-refractivity contribution is 0.190. The zero-order chi connectivity index (χ0) is 16.4. The molecule has 126 valence electrons. The molecular weight excluding hydrogens is 318 g/mol. The number of anilines is 1. The van der Waals surface area contributed by atoms with Gasteiger partial charge in [-0.25, -0.2) is 9.89 Å². The molecule has 2 amide bonds. The van der Waals surface area contributed by atoms with Crippen LogP contribution in [0.25, 0.3) is 0 Å². The highest BCUT2D eigenvalue weighted by Crippen LogP contribution is 2.26. The van der Waals surface area contributed by atoms with Gasteiger partial charge in [0, 0.05) is 26.2 Å². The van der Waals surface area contributed by atoms with Crippen molar-refractivity contribution in [2.75, 3.05) is 25.0 Å². The van der Waals surface area contributed by atoms with Crippen LogP contribution in [0.4, 0.5) is 10.5 Å². The number of nitrogens with one attached hydrogen (secondary N) is 2. The summed E-state index contributed by atoms with van der Waals surface area (Å²) in [6, 6.07) is 0.402. The van der Waals surface area contributed by atoms with Crippen LogP contribution in [-0.2, 0) is 0 Å². The van der Waals surface area contributed by atoms with Gasteiger partial charge >= 0.3 is 6.03 Å². The number of aromatic nitrogens is 2. The monoisotopic (exact) mass is 339 g/mol. The molecule has 1 saturated heterocycles. The van der Waals surface area contributed by atoms with Crippen LogP contribution in [0.5, 0.6) is 0 Å². The molecule has 3 rings (SSSR count). The molecule has 1 aliphatic carbocycles. The lowest BCUT2D eigenvalue weighted by atomic mass is 10.2. The van der Waals surface area contributed by atoms with E-state index in [2.05, 4.69) is 15.5 Å². The van der Waals surface area contributed by atoms with Crippen molar-refractivity contribution in [3.05, 3.63) is 21.6 Å². The summed E-state index contributed by atoms with van der Waals surface area (Å²) in [6.07, 6.45) is 6.94. The van der Waals surface area contributed by atoms with Crippen molar-refractivity contribution in [3.8, 4) is 0 Å². The number of nitrogens with zero attached hydrogens (tertiary/aromatic N) is 3. The first-order valence-corrected chi connectivity index (χ1v) is 8.45. The molecule has 8 heteroatoms. The predicted octanol–water partition coefficient (Wildman–Crippen LogP) is 1.59. The lowest BCUT2D eigenvalue weighted by Crippen LogP contribution is -2.47. The number of amides is 2. The molecule has 2 fully saturated rings. The highest BCUT2D eigenvalue weighted by Gasteiger charge is 2.31. The fraction of sp³-hybridized carbons (Fsp3) is 0.667. The summed E-state index contributed by atoms with van der Waals surface area (Å²) in [6.45, 7) is 1.40. The first kappa shape index (κ1) is 16.1. The zero-order valence-corrected chi connectivity index (χ0v) is 14.0. The van der Waals surface area contributed by atoms with E-state index in [0.717, 1.165) is 25.8 Å². The van der Waals surface area contributed by atoms with Crippen LogP contribution in [0.1, 0.15) is 32.1 Å². The average molecular weight is 340 g/mol. The van der Waals surface area contributed by atoms with Crippen LogP contribution >= 0.6 is 11.6 Å². The second-order valence-corrected chi connectivity index (χ2v) is 6.71. The van der Waals surface area contributed by atoms with E-state index in [9.17, 15) is 9.59 Å². The minimum Gasteiger partial charge on any atom is -0.367 e. The summed E-state index contributed by atoms with van der Waals surface area (Å²) in [5.74, 6) is 0. The molecule has 2 heterocycles. The van der Waals surface area contributed by atoms with Crippen LogP contribution in [0, 0.1) is 0 Å². The summed E-state index contributed by atoms with van der Waals surface area (Å²) >= 11 is 6.06. The summed E-state index contributed by atoms with van der Waals surface area (Å²) < 4.78 is 0. The molecule has 0 bridgehead atoms. The number of likely N-dealkylation sites (N-methyl/N-ethyl adjacent to an activating group) is 1. The van der Waals surface area contributed by atoms with Gasteiger partial charge in [0.15, 0.2) is 0 Å². The molecule has 0 spiro atoms. The molecule has 1 saturated carbocycles. The van der Waals surface area contributed by atoms with Gasteiger partial charge in [-0.2, -0.15) is 5.10 Å². The molecule has 0 aromatic carbocycles. The fourth-order valence-corrected chi connectivity index (χ4v) is 3.59. The Hall–Kier alpha value is -1.76. The smallest absolute Gasteiger partial charge is 0.317 e. The van der Waals surface area contributed by atoms with Gasteiger partial charge in [-0.15, -0.1) is 0 Å². The summed E-state index contributed by atoms with van der Waals surface area (Å²) in [5, 5.41) is 9.38. The Morgan fingerprint density at radius 1 is 1.43 bits per heavy atom. The topological polar surface area (TPSA) is 81.3 Å². The zero-order valence-electron chi connectivity index (χ0n) is 13.2. The van der Waals surface area contributed by atoms with Crippen LogP contribution in [0.3, 0.4) is 0 Å². The first-order chi connectivity index (χ1) is 11.1. The van der Waals surface area contributed by atoms with Gasteiger partial charge in [0.05, 0.1) is 17.9 Å². The van der Waals surface area contributed by atoms with E-state index in [1.54, 1.807) is 11.1 Å². The van der Waals surface area contributed by atoms with Gasteiger partial charge in [0.1, 0.15) is 5.02 Å². The number of H-pyrrole nitrogens is 1. The summed E-state index contributed by atoms with van der Waals surface area (Å²) in [5.41, 5.74) is 0.238. The highest BCUT2D eigenvalue weighted by atomic mass is 35.5. The molecule has 0 radical (unpaired) electrons. The Kier molecular flexibility index (Phi) is 4.75. The summed E-state index contributed by atoms with van der Waals surface area (Å²) in [4.78, 5) is 27.7. The Morgan fingerprint density at radius 3 is 2.91 bits per heavy atom. The van der Waals surface area contributed by atoms with Crippen molar-refractivity contribution >= 4 is 23.3 Å². The molecule has 1 unspecified atom stereocenters. The van der Waals surface area contributed by atoms with Crippen molar-refractivity contribution < 1.29 is 4.79 Å². The number of hydrogen-bond donors (Lipinski definition) is 2. The number of aromatic amines is 1. The van der Waals surface area contributed by atoms with Gasteiger partial charge in [-0.05, 0) is 19.3 Å². The van der Waals surface area contributed by atoms with E-state index in [0.29, 0.717) is 18.3 Å². The molecule has 2 N–H and O–H groups in total. The average Bonchev–Trinajstić information content (AvgIpc) is 3.20. The molecule has 23 heavy (non-hydrogen) atoms. The van der Waals surface area contributed by atoms with E-state index in [1.165, 1.54) is 12.8 Å². The third kappa shape index (κ3) is 3.44. The molecule has 2 aliphatic rings. The van der Waals surface area contributed by atoms with Gasteiger partial charge in [-0.3, -0.25) is 4.79 Å². The second kappa shape index (κ2) is 6.78. The fourth-order valence-electron chi connectivity index (χ4n) is 3.38. The lowest BCUT2D eigenvalue weighted by Gasteiger charge is -2.27. The maximum atomic E-state index is 12.4. The Balaban J connectivity index is 1.61. The van der Waals surface area contributed by atoms with E-state index >= 15 is 0 Å². The van der Waals surface area contributed by atoms with Crippen molar-refractivity contribution in [3.63, 3.8) is 0 Å². The number of urea groups is 1. The van der Waals surface area contributed by atoms with Crippen LogP contribution in [0.2, 0.25) is 5.02 Å². The molecule has 1 aromatic heterocycles. The van der Waals surface area contributed by atoms with E-state index < -0.39 is 0 Å². The van der Waals surface area contributed by atoms with E-state index in [4.69, 9.17) is 11.6 Å². The van der Waals surface area contributed by atoms with Gasteiger partial charge in [0.2, 0.25) is 0 Å². The van der Waals surface area contributed by atoms with Crippen molar-refractivity contribution in [1.29, 1.82) is 0 Å². The third-order valence-corrected chi connectivity index (χ3v) is 5.20. The maximum absolute atomic E-state index is 12.4. The Bertz CT molecular complexity index is 629. The van der Waals surface area contributed by atoms with Crippen LogP contribution in [0.15, 0.2) is 11.0 Å². The van der Waals surface area contributed by atoms with E-state index in [-0.39, 0.29) is 22.7 Å². The van der Waals surface area contributed by atoms with Gasteiger partial charge in [0.25, 0.3) is 5.56 Å². The Labute approximate surface area is 140 Å². The third-order valence-electron chi connectivity index (χ3n) is 4.83. The SMILES string of the molecule is CN(C(=O)NC1CCCC1)C1CCN(c2cn[nH]c(=O)c2Cl)C1. The van der Waals surface area contributed by atoms with Crippen molar-refractivity contribution in [2.45, 2.75) is 44.2 Å². The standard InChI is InChI=1S/C15H22ClN5O2/c1-20(15(23)18-10-4-2-3-5-10)11-6-7-21(9-11)12-8-17-19-14(22)13(12)16/h8,10-11H,2-7,9H2,1H3,(H,18,23)(H,19,22). The quantitative estimate of drug-likeness (QED) is 0.876. The maximum Gasteiger partial charge on any atom is 0.317 e. The number of carbonyl (C=O) groups excluding carboxylic acids is 1. The first-order valence-electron chi connectivity index (χ1n) is 8.07. The highest BCUT2D eigenvalue weighted by molar-refractivity contribution is 6.33. The van der Waals surface area contributed by atoms with Crippen molar-refractivity contribution in [1.82, 2.24) is 20.4 Å². The predicted molar refractivity (Wildman–Crippen MR) is 89.0 cm³/mol.